The summed E-state index contributed by atoms with van der Waals surface area (Å²) in [6.45, 7) is 2.85. The maximum absolute atomic E-state index is 11.4. The molecule has 0 bridgehead atoms. The molecule has 0 radical (unpaired) electrons. The minimum atomic E-state index is -0.859. The van der Waals surface area contributed by atoms with Gasteiger partial charge in [0.25, 0.3) is 5.69 Å². The average Bonchev–Trinajstić information content (AvgIpc) is 2.56. The Balaban J connectivity index is 2.15. The summed E-state index contributed by atoms with van der Waals surface area (Å²) in [7, 11) is 1.80. The summed E-state index contributed by atoms with van der Waals surface area (Å²) in [5.74, 6) is -0.859. The third-order valence-electron chi connectivity index (χ3n) is 3.63. The normalized spacial score (nSPS) is 10.8. The van der Waals surface area contributed by atoms with Crippen LogP contribution in [0.1, 0.15) is 17.5 Å². The number of hydrogen-bond donors (Lipinski definition) is 1. The number of aliphatic carboxylic acids is 1. The molecular formula is C18H20N2O4S. The van der Waals surface area contributed by atoms with Gasteiger partial charge in [0, 0.05) is 24.1 Å². The van der Waals surface area contributed by atoms with E-state index in [2.05, 4.69) is 0 Å². The molecule has 0 saturated heterocycles. The number of nitro groups is 1. The smallest absolute Gasteiger partial charge is 0.304 e. The molecule has 7 heteroatoms. The van der Waals surface area contributed by atoms with Crippen molar-refractivity contribution in [3.63, 3.8) is 0 Å². The molecule has 0 spiro atoms. The Morgan fingerprint density at radius 2 is 1.92 bits per heavy atom. The van der Waals surface area contributed by atoms with Crippen LogP contribution in [0.15, 0.2) is 52.3 Å². The Morgan fingerprint density at radius 3 is 2.52 bits per heavy atom. The molecule has 2 rings (SSSR count). The van der Waals surface area contributed by atoms with E-state index in [4.69, 9.17) is 5.11 Å². The predicted molar refractivity (Wildman–Crippen MR) is 97.0 cm³/mol. The van der Waals surface area contributed by atoms with Crippen LogP contribution < -0.4 is 0 Å². The second-order valence-electron chi connectivity index (χ2n) is 5.86. The molecule has 0 heterocycles. The first-order valence-corrected chi connectivity index (χ1v) is 8.59. The highest BCUT2D eigenvalue weighted by atomic mass is 32.2. The largest absolute Gasteiger partial charge is 0.481 e. The number of aryl methyl sites for hydroxylation is 1. The number of nitro benzene ring substituents is 1. The number of benzene rings is 2. The highest BCUT2D eigenvalue weighted by Gasteiger charge is 2.16. The quantitative estimate of drug-likeness (QED) is 0.567. The minimum absolute atomic E-state index is 0.0416. The van der Waals surface area contributed by atoms with Crippen LogP contribution in [0.25, 0.3) is 0 Å². The molecule has 2 aromatic rings. The summed E-state index contributed by atoms with van der Waals surface area (Å²) in [6.07, 6.45) is 0.0416. The Hall–Kier alpha value is -2.38. The van der Waals surface area contributed by atoms with Crippen LogP contribution in [0.2, 0.25) is 0 Å². The van der Waals surface area contributed by atoms with Gasteiger partial charge in [0.2, 0.25) is 0 Å². The average molecular weight is 360 g/mol. The number of carboxylic acid groups (broad SMARTS) is 1. The predicted octanol–water partition coefficient (Wildman–Crippen LogP) is 3.96. The molecule has 0 fully saturated rings. The van der Waals surface area contributed by atoms with Gasteiger partial charge >= 0.3 is 5.97 Å². The zero-order chi connectivity index (χ0) is 18.4. The number of rotatable bonds is 8. The summed E-state index contributed by atoms with van der Waals surface area (Å²) >= 11 is 1.36. The van der Waals surface area contributed by atoms with Crippen LogP contribution in [0.5, 0.6) is 0 Å². The van der Waals surface area contributed by atoms with Gasteiger partial charge in [0.05, 0.1) is 16.2 Å². The van der Waals surface area contributed by atoms with Crippen LogP contribution >= 0.6 is 11.8 Å². The molecular weight excluding hydrogens is 340 g/mol. The van der Waals surface area contributed by atoms with Crippen LogP contribution in [-0.4, -0.2) is 34.5 Å². The second-order valence-corrected chi connectivity index (χ2v) is 6.97. The molecule has 0 aliphatic carbocycles. The molecule has 0 unspecified atom stereocenters. The molecule has 1 N–H and O–H groups in total. The Kier molecular flexibility index (Phi) is 6.55. The zero-order valence-corrected chi connectivity index (χ0v) is 15.0. The Morgan fingerprint density at radius 1 is 1.24 bits per heavy atom. The topological polar surface area (TPSA) is 83.7 Å². The Labute approximate surface area is 150 Å². The molecule has 0 atom stereocenters. The maximum atomic E-state index is 11.4. The van der Waals surface area contributed by atoms with Crippen molar-refractivity contribution in [1.29, 1.82) is 0 Å². The highest BCUT2D eigenvalue weighted by Crippen LogP contribution is 2.35. The first-order chi connectivity index (χ1) is 11.8. The SMILES string of the molecule is Cc1ccc(Sc2ccc(CN(C)CCC(=O)O)cc2[N+](=O)[O-])cc1. The van der Waals surface area contributed by atoms with E-state index in [-0.39, 0.29) is 17.0 Å². The summed E-state index contributed by atoms with van der Waals surface area (Å²) in [5, 5.41) is 20.1. The number of nitrogens with zero attached hydrogens (tertiary/aromatic N) is 2. The van der Waals surface area contributed by atoms with E-state index in [1.165, 1.54) is 11.8 Å². The van der Waals surface area contributed by atoms with E-state index in [0.717, 1.165) is 16.0 Å². The van der Waals surface area contributed by atoms with Crippen molar-refractivity contribution >= 4 is 23.4 Å². The number of hydrogen-bond acceptors (Lipinski definition) is 5. The van der Waals surface area contributed by atoms with Gasteiger partial charge in [-0.1, -0.05) is 35.5 Å². The second kappa shape index (κ2) is 8.64. The highest BCUT2D eigenvalue weighted by molar-refractivity contribution is 7.99. The van der Waals surface area contributed by atoms with E-state index in [1.54, 1.807) is 19.2 Å². The lowest BCUT2D eigenvalue weighted by atomic mass is 10.2. The maximum Gasteiger partial charge on any atom is 0.304 e. The zero-order valence-electron chi connectivity index (χ0n) is 14.1. The van der Waals surface area contributed by atoms with Crippen molar-refractivity contribution in [1.82, 2.24) is 4.90 Å². The lowest BCUT2D eigenvalue weighted by molar-refractivity contribution is -0.387. The van der Waals surface area contributed by atoms with Crippen molar-refractivity contribution in [3.05, 3.63) is 63.7 Å². The molecule has 25 heavy (non-hydrogen) atoms. The Bertz CT molecular complexity index is 762. The molecule has 2 aromatic carbocycles. The van der Waals surface area contributed by atoms with Gasteiger partial charge in [-0.2, -0.15) is 0 Å². The molecule has 132 valence electrons. The first kappa shape index (κ1) is 19.0. The van der Waals surface area contributed by atoms with Gasteiger partial charge in [-0.05, 0) is 37.7 Å². The van der Waals surface area contributed by atoms with Gasteiger partial charge in [-0.3, -0.25) is 14.9 Å². The van der Waals surface area contributed by atoms with E-state index < -0.39 is 5.97 Å². The van der Waals surface area contributed by atoms with Crippen LogP contribution in [0.3, 0.4) is 0 Å². The lowest BCUT2D eigenvalue weighted by Gasteiger charge is -2.15. The molecule has 0 aliphatic heterocycles. The summed E-state index contributed by atoms with van der Waals surface area (Å²) < 4.78 is 0. The van der Waals surface area contributed by atoms with Crippen LogP contribution in [0, 0.1) is 17.0 Å². The van der Waals surface area contributed by atoms with Crippen molar-refractivity contribution in [2.24, 2.45) is 0 Å². The van der Waals surface area contributed by atoms with Crippen LogP contribution in [-0.2, 0) is 11.3 Å². The standard InChI is InChI=1S/C18H20N2O4S/c1-13-3-6-15(7-4-13)25-17-8-5-14(11-16(17)20(23)24)12-19(2)10-9-18(21)22/h3-8,11H,9-10,12H2,1-2H3,(H,21,22). The number of carbonyl (C=O) groups is 1. The summed E-state index contributed by atoms with van der Waals surface area (Å²) in [5.41, 5.74) is 1.99. The fourth-order valence-corrected chi connectivity index (χ4v) is 3.20. The molecule has 0 aliphatic rings. The van der Waals surface area contributed by atoms with Crippen molar-refractivity contribution in [3.8, 4) is 0 Å². The molecule has 0 aromatic heterocycles. The van der Waals surface area contributed by atoms with Crippen molar-refractivity contribution in [2.45, 2.75) is 29.7 Å². The molecule has 0 saturated carbocycles. The first-order valence-electron chi connectivity index (χ1n) is 7.77. The fourth-order valence-electron chi connectivity index (χ4n) is 2.30. The van der Waals surface area contributed by atoms with Crippen LogP contribution in [0.4, 0.5) is 5.69 Å². The minimum Gasteiger partial charge on any atom is -0.481 e. The molecule has 0 amide bonds. The number of carboxylic acids is 1. The fraction of sp³-hybridized carbons (Fsp3) is 0.278. The van der Waals surface area contributed by atoms with Gasteiger partial charge in [-0.25, -0.2) is 0 Å². The van der Waals surface area contributed by atoms with E-state index >= 15 is 0 Å². The lowest BCUT2D eigenvalue weighted by Crippen LogP contribution is -2.21. The van der Waals surface area contributed by atoms with Crippen molar-refractivity contribution in [2.75, 3.05) is 13.6 Å². The van der Waals surface area contributed by atoms with Gasteiger partial charge in [0.15, 0.2) is 0 Å². The van der Waals surface area contributed by atoms with Gasteiger partial charge < -0.3 is 10.0 Å². The van der Waals surface area contributed by atoms with Gasteiger partial charge in [0.1, 0.15) is 0 Å². The van der Waals surface area contributed by atoms with E-state index in [1.807, 2.05) is 42.2 Å². The van der Waals surface area contributed by atoms with E-state index in [0.29, 0.717) is 18.0 Å². The monoisotopic (exact) mass is 360 g/mol. The van der Waals surface area contributed by atoms with Crippen molar-refractivity contribution < 1.29 is 14.8 Å². The van der Waals surface area contributed by atoms with E-state index in [9.17, 15) is 14.9 Å². The molecule has 6 nitrogen and oxygen atoms in total. The summed E-state index contributed by atoms with van der Waals surface area (Å²) in [4.78, 5) is 25.0. The third-order valence-corrected chi connectivity index (χ3v) is 4.70. The summed E-state index contributed by atoms with van der Waals surface area (Å²) in [6, 6.07) is 13.0. The van der Waals surface area contributed by atoms with Gasteiger partial charge in [-0.15, -0.1) is 0 Å². The third kappa shape index (κ3) is 5.88.